The highest BCUT2D eigenvalue weighted by atomic mass is 16.5. The third kappa shape index (κ3) is 6.28. The van der Waals surface area contributed by atoms with Gasteiger partial charge in [0.25, 0.3) is 0 Å². The molecule has 0 spiro atoms. The van der Waals surface area contributed by atoms with Crippen molar-refractivity contribution in [3.05, 3.63) is 29.8 Å². The number of rotatable bonds is 4. The van der Waals surface area contributed by atoms with Gasteiger partial charge in [0.05, 0.1) is 13.7 Å². The number of aliphatic hydroxyl groups is 1. The van der Waals surface area contributed by atoms with Crippen molar-refractivity contribution >= 4 is 0 Å². The molecular formula is C16H22O3. The third-order valence-corrected chi connectivity index (χ3v) is 2.43. The second-order valence-corrected chi connectivity index (χ2v) is 5.46. The number of hydrogen-bond donors (Lipinski definition) is 1. The molecule has 0 aliphatic rings. The number of hydrogen-bond acceptors (Lipinski definition) is 3. The van der Waals surface area contributed by atoms with Gasteiger partial charge in [-0.1, -0.05) is 24.0 Å². The van der Waals surface area contributed by atoms with Gasteiger partial charge in [-0.2, -0.15) is 0 Å². The quantitative estimate of drug-likeness (QED) is 0.848. The van der Waals surface area contributed by atoms with Gasteiger partial charge < -0.3 is 14.6 Å². The molecule has 1 aromatic carbocycles. The maximum Gasteiger partial charge on any atom is 0.123 e. The Morgan fingerprint density at radius 3 is 2.11 bits per heavy atom. The van der Waals surface area contributed by atoms with E-state index in [-0.39, 0.29) is 0 Å². The Balaban J connectivity index is 2.61. The molecule has 0 atom stereocenters. The first-order chi connectivity index (χ1) is 8.72. The summed E-state index contributed by atoms with van der Waals surface area (Å²) in [4.78, 5) is 0. The van der Waals surface area contributed by atoms with Crippen molar-refractivity contribution < 1.29 is 14.6 Å². The van der Waals surface area contributed by atoms with E-state index in [2.05, 4.69) is 11.8 Å². The fourth-order valence-electron chi connectivity index (χ4n) is 1.33. The minimum atomic E-state index is -0.999. The molecule has 1 N–H and O–H groups in total. The van der Waals surface area contributed by atoms with Gasteiger partial charge in [-0.25, -0.2) is 0 Å². The lowest BCUT2D eigenvalue weighted by molar-refractivity contribution is 0.0137. The van der Waals surface area contributed by atoms with Crippen molar-refractivity contribution in [2.24, 2.45) is 0 Å². The molecule has 0 fully saturated rings. The second-order valence-electron chi connectivity index (χ2n) is 5.46. The Bertz CT molecular complexity index is 455. The molecule has 3 nitrogen and oxygen atoms in total. The van der Waals surface area contributed by atoms with Gasteiger partial charge >= 0.3 is 0 Å². The molecule has 0 radical (unpaired) electrons. The van der Waals surface area contributed by atoms with E-state index < -0.39 is 11.2 Å². The van der Waals surface area contributed by atoms with E-state index in [9.17, 15) is 5.11 Å². The van der Waals surface area contributed by atoms with Crippen LogP contribution >= 0.6 is 0 Å². The van der Waals surface area contributed by atoms with Crippen molar-refractivity contribution in [3.8, 4) is 17.6 Å². The van der Waals surface area contributed by atoms with Gasteiger partial charge in [0, 0.05) is 0 Å². The molecule has 1 rings (SSSR count). The van der Waals surface area contributed by atoms with Gasteiger partial charge in [-0.15, -0.1) is 0 Å². The van der Waals surface area contributed by atoms with E-state index in [1.807, 2.05) is 38.1 Å². The van der Waals surface area contributed by atoms with Crippen molar-refractivity contribution in [2.45, 2.75) is 45.5 Å². The smallest absolute Gasteiger partial charge is 0.123 e. The second kappa shape index (κ2) is 6.10. The summed E-state index contributed by atoms with van der Waals surface area (Å²) in [5.74, 6) is 6.55. The molecular weight excluding hydrogens is 240 g/mol. The van der Waals surface area contributed by atoms with Crippen molar-refractivity contribution in [1.82, 2.24) is 0 Å². The molecule has 0 bridgehead atoms. The summed E-state index contributed by atoms with van der Waals surface area (Å²) in [5.41, 5.74) is -0.542. The average molecular weight is 262 g/mol. The Labute approximate surface area is 115 Å². The van der Waals surface area contributed by atoms with Crippen molar-refractivity contribution in [1.29, 1.82) is 0 Å². The summed E-state index contributed by atoms with van der Waals surface area (Å²) in [6.07, 6.45) is 0. The first-order valence-corrected chi connectivity index (χ1v) is 6.25. The van der Waals surface area contributed by atoms with E-state index in [0.717, 1.165) is 11.3 Å². The Morgan fingerprint density at radius 2 is 1.63 bits per heavy atom. The maximum absolute atomic E-state index is 9.58. The van der Waals surface area contributed by atoms with Gasteiger partial charge in [-0.05, 0) is 45.4 Å². The molecule has 1 aromatic rings. The summed E-state index contributed by atoms with van der Waals surface area (Å²) >= 11 is 0. The average Bonchev–Trinajstić information content (AvgIpc) is 2.34. The lowest BCUT2D eigenvalue weighted by atomic mass is 10.1. The summed E-state index contributed by atoms with van der Waals surface area (Å²) in [6.45, 7) is 7.54. The lowest BCUT2D eigenvalue weighted by Gasteiger charge is -2.20. The van der Waals surface area contributed by atoms with Crippen molar-refractivity contribution in [2.75, 3.05) is 7.11 Å². The van der Waals surface area contributed by atoms with Crippen molar-refractivity contribution in [3.63, 3.8) is 0 Å². The largest absolute Gasteiger partial charge is 0.497 e. The predicted molar refractivity (Wildman–Crippen MR) is 75.9 cm³/mol. The minimum absolute atomic E-state index is 0.470. The summed E-state index contributed by atoms with van der Waals surface area (Å²) in [5, 5.41) is 9.58. The Kier molecular flexibility index (Phi) is 4.99. The van der Waals surface area contributed by atoms with E-state index in [1.54, 1.807) is 21.0 Å². The number of methoxy groups -OCH3 is 1. The Hall–Kier alpha value is -1.50. The molecule has 0 saturated carbocycles. The minimum Gasteiger partial charge on any atom is -0.497 e. The molecule has 0 unspecified atom stereocenters. The van der Waals surface area contributed by atoms with Crippen LogP contribution in [0.1, 0.15) is 33.3 Å². The number of ether oxygens (including phenoxy) is 2. The first kappa shape index (κ1) is 15.6. The van der Waals surface area contributed by atoms with Gasteiger partial charge in [0.15, 0.2) is 0 Å². The molecule has 0 heterocycles. The Morgan fingerprint density at radius 1 is 1.05 bits per heavy atom. The summed E-state index contributed by atoms with van der Waals surface area (Å²) < 4.78 is 10.9. The van der Waals surface area contributed by atoms with Crippen LogP contribution in [-0.4, -0.2) is 23.4 Å². The van der Waals surface area contributed by atoms with Crippen LogP contribution < -0.4 is 4.74 Å². The van der Waals surface area contributed by atoms with E-state index in [1.165, 1.54) is 0 Å². The van der Waals surface area contributed by atoms with Crippen LogP contribution in [0.3, 0.4) is 0 Å². The molecule has 0 aliphatic carbocycles. The van der Waals surface area contributed by atoms with Gasteiger partial charge in [-0.3, -0.25) is 0 Å². The van der Waals surface area contributed by atoms with Crippen LogP contribution in [0.5, 0.6) is 5.75 Å². The molecule has 0 aliphatic heterocycles. The highest BCUT2D eigenvalue weighted by molar-refractivity contribution is 5.27. The van der Waals surface area contributed by atoms with Crippen LogP contribution in [-0.2, 0) is 11.3 Å². The normalized spacial score (nSPS) is 11.7. The topological polar surface area (TPSA) is 38.7 Å². The molecule has 19 heavy (non-hydrogen) atoms. The van der Waals surface area contributed by atoms with Crippen LogP contribution in [0, 0.1) is 11.8 Å². The lowest BCUT2D eigenvalue weighted by Crippen LogP contribution is -2.24. The zero-order valence-corrected chi connectivity index (χ0v) is 12.3. The van der Waals surface area contributed by atoms with Gasteiger partial charge in [0.1, 0.15) is 17.0 Å². The maximum atomic E-state index is 9.58. The highest BCUT2D eigenvalue weighted by Crippen LogP contribution is 2.16. The van der Waals surface area contributed by atoms with Crippen LogP contribution in [0.2, 0.25) is 0 Å². The van der Waals surface area contributed by atoms with Crippen LogP contribution in [0.25, 0.3) is 0 Å². The summed E-state index contributed by atoms with van der Waals surface area (Å²) in [6, 6.07) is 7.71. The zero-order chi connectivity index (χ0) is 14.5. The molecule has 104 valence electrons. The SMILES string of the molecule is COc1ccc(COC(C)(C)C#CC(C)(C)O)cc1. The fraction of sp³-hybridized carbons (Fsp3) is 0.500. The standard InChI is InChI=1S/C16H22O3/c1-15(2,17)10-11-16(3,4)19-12-13-6-8-14(18-5)9-7-13/h6-9,17H,12H2,1-5H3. The third-order valence-electron chi connectivity index (χ3n) is 2.43. The fourth-order valence-corrected chi connectivity index (χ4v) is 1.33. The summed E-state index contributed by atoms with van der Waals surface area (Å²) in [7, 11) is 1.64. The molecule has 0 aromatic heterocycles. The molecule has 3 heteroatoms. The monoisotopic (exact) mass is 262 g/mol. The zero-order valence-electron chi connectivity index (χ0n) is 12.3. The first-order valence-electron chi connectivity index (χ1n) is 6.25. The van der Waals surface area contributed by atoms with Crippen LogP contribution in [0.4, 0.5) is 0 Å². The highest BCUT2D eigenvalue weighted by Gasteiger charge is 2.16. The molecule has 0 amide bonds. The van der Waals surface area contributed by atoms with E-state index in [0.29, 0.717) is 6.61 Å². The number of benzene rings is 1. The van der Waals surface area contributed by atoms with E-state index in [4.69, 9.17) is 9.47 Å². The predicted octanol–water partition coefficient (Wildman–Crippen LogP) is 2.76. The van der Waals surface area contributed by atoms with Gasteiger partial charge in [0.2, 0.25) is 0 Å². The van der Waals surface area contributed by atoms with E-state index >= 15 is 0 Å². The van der Waals surface area contributed by atoms with Crippen LogP contribution in [0.15, 0.2) is 24.3 Å². The molecule has 0 saturated heterocycles.